The molecule has 1 amide bonds. The van der Waals surface area contributed by atoms with Gasteiger partial charge in [-0.25, -0.2) is 18.7 Å². The van der Waals surface area contributed by atoms with Crippen LogP contribution in [0.1, 0.15) is 41.6 Å². The number of hydrogen-bond acceptors (Lipinski definition) is 9. The van der Waals surface area contributed by atoms with Gasteiger partial charge in [-0.15, -0.1) is 0 Å². The first-order valence-electron chi connectivity index (χ1n) is 11.8. The average molecular weight is 500 g/mol. The Morgan fingerprint density at radius 1 is 1.26 bits per heavy atom. The highest BCUT2D eigenvalue weighted by molar-refractivity contribution is 7.94. The molecule has 4 heterocycles. The van der Waals surface area contributed by atoms with E-state index in [9.17, 15) is 14.1 Å². The van der Waals surface area contributed by atoms with Gasteiger partial charge < -0.3 is 20.5 Å². The number of rotatable bonds is 5. The summed E-state index contributed by atoms with van der Waals surface area (Å²) in [6.45, 7) is 2.97. The molecule has 3 aromatic heterocycles. The molecule has 0 aromatic carbocycles. The molecule has 1 aliphatic heterocycles. The van der Waals surface area contributed by atoms with Gasteiger partial charge in [0.15, 0.2) is 5.82 Å². The Labute approximate surface area is 203 Å². The summed E-state index contributed by atoms with van der Waals surface area (Å²) in [6, 6.07) is 3.65. The number of carbonyl (C=O) groups excluding carboxylic acids is 1. The van der Waals surface area contributed by atoms with Crippen LogP contribution in [0.15, 0.2) is 35.2 Å². The van der Waals surface area contributed by atoms with Crippen molar-refractivity contribution in [3.63, 3.8) is 0 Å². The van der Waals surface area contributed by atoms with Crippen molar-refractivity contribution >= 4 is 32.7 Å². The molecular formula is C23H29N7O4S. The second kappa shape index (κ2) is 9.88. The monoisotopic (exact) mass is 499 g/mol. The lowest BCUT2D eigenvalue weighted by atomic mass is 9.95. The molecule has 0 atom stereocenters. The van der Waals surface area contributed by atoms with Crippen LogP contribution in [0.2, 0.25) is 0 Å². The highest BCUT2D eigenvalue weighted by atomic mass is 32.2. The van der Waals surface area contributed by atoms with Crippen LogP contribution in [0.3, 0.4) is 0 Å². The van der Waals surface area contributed by atoms with Crippen LogP contribution in [0.25, 0.3) is 5.52 Å². The summed E-state index contributed by atoms with van der Waals surface area (Å²) >= 11 is 0. The number of aliphatic hydroxyl groups is 1. The molecule has 11 nitrogen and oxygen atoms in total. The third-order valence-electron chi connectivity index (χ3n) is 6.45. The molecule has 12 heteroatoms. The Hall–Kier alpha value is -3.09. The first kappa shape index (κ1) is 23.6. The second-order valence-electron chi connectivity index (χ2n) is 8.93. The van der Waals surface area contributed by atoms with Crippen molar-refractivity contribution in [2.45, 2.75) is 44.8 Å². The van der Waals surface area contributed by atoms with Crippen LogP contribution >= 0.6 is 0 Å². The minimum absolute atomic E-state index is 0.0166. The molecule has 35 heavy (non-hydrogen) atoms. The van der Waals surface area contributed by atoms with E-state index in [2.05, 4.69) is 30.1 Å². The van der Waals surface area contributed by atoms with E-state index >= 15 is 0 Å². The van der Waals surface area contributed by atoms with Crippen LogP contribution < -0.4 is 15.4 Å². The maximum atomic E-state index is 13.0. The third kappa shape index (κ3) is 5.14. The molecule has 3 aromatic rings. The maximum Gasteiger partial charge on any atom is 0.287 e. The smallest absolute Gasteiger partial charge is 0.287 e. The largest absolute Gasteiger partial charge is 0.473 e. The number of anilines is 2. The molecule has 1 saturated heterocycles. The number of aromatic nitrogens is 4. The van der Waals surface area contributed by atoms with E-state index in [1.54, 1.807) is 29.9 Å². The molecule has 0 unspecified atom stereocenters. The van der Waals surface area contributed by atoms with Gasteiger partial charge in [0.25, 0.3) is 5.91 Å². The van der Waals surface area contributed by atoms with Crippen LogP contribution in [-0.4, -0.2) is 71.6 Å². The SMILES string of the molecule is Cc1c(C(=O)N=S2(=O)CCNCC2)cn2ncnc(Nc3cccnc3OC3CCC(O)CC3)c12. The number of fused-ring (bicyclic) bond motifs is 1. The first-order chi connectivity index (χ1) is 16.9. The van der Waals surface area contributed by atoms with Crippen LogP contribution in [0, 0.1) is 6.92 Å². The molecule has 3 N–H and O–H groups in total. The number of nitrogens with zero attached hydrogens (tertiary/aromatic N) is 5. The summed E-state index contributed by atoms with van der Waals surface area (Å²) in [7, 11) is -2.56. The Balaban J connectivity index is 1.44. The predicted molar refractivity (Wildman–Crippen MR) is 132 cm³/mol. The highest BCUT2D eigenvalue weighted by Crippen LogP contribution is 2.31. The minimum Gasteiger partial charge on any atom is -0.473 e. The predicted octanol–water partition coefficient (Wildman–Crippen LogP) is 2.07. The summed E-state index contributed by atoms with van der Waals surface area (Å²) < 4.78 is 24.8. The van der Waals surface area contributed by atoms with Gasteiger partial charge in [-0.2, -0.15) is 9.46 Å². The van der Waals surface area contributed by atoms with E-state index in [0.717, 1.165) is 12.8 Å². The Morgan fingerprint density at radius 3 is 2.80 bits per heavy atom. The number of hydrogen-bond donors (Lipinski definition) is 3. The molecule has 2 fully saturated rings. The fourth-order valence-corrected chi connectivity index (χ4v) is 6.19. The molecule has 1 aliphatic carbocycles. The van der Waals surface area contributed by atoms with Gasteiger partial charge in [0.05, 0.1) is 21.4 Å². The van der Waals surface area contributed by atoms with Crippen molar-refractivity contribution in [2.24, 2.45) is 4.36 Å². The minimum atomic E-state index is -2.56. The van der Waals surface area contributed by atoms with Crippen LogP contribution in [0.4, 0.5) is 11.5 Å². The van der Waals surface area contributed by atoms with Gasteiger partial charge >= 0.3 is 0 Å². The van der Waals surface area contributed by atoms with Gasteiger partial charge in [-0.3, -0.25) is 4.79 Å². The molecule has 2 aliphatic rings. The standard InChI is InChI=1S/C23H29N7O4S/c1-15-18(22(32)29-35(33)11-9-24-10-12-35)13-30-20(15)21(26-14-27-30)28-19-3-2-8-25-23(19)34-17-6-4-16(31)5-7-17/h2-3,8,13-14,16-17,24,31H,4-7,9-12H2,1H3,(H,26,27,28). The third-order valence-corrected chi connectivity index (χ3v) is 8.63. The molecule has 5 rings (SSSR count). The molecular weight excluding hydrogens is 470 g/mol. The molecule has 0 radical (unpaired) electrons. The van der Waals surface area contributed by atoms with Crippen molar-refractivity contribution in [1.29, 1.82) is 0 Å². The van der Waals surface area contributed by atoms with E-state index in [-0.39, 0.29) is 12.2 Å². The zero-order chi connectivity index (χ0) is 24.4. The van der Waals surface area contributed by atoms with Gasteiger partial charge in [0.1, 0.15) is 23.6 Å². The fourth-order valence-electron chi connectivity index (χ4n) is 4.48. The second-order valence-corrected chi connectivity index (χ2v) is 11.5. The van der Waals surface area contributed by atoms with E-state index in [1.807, 2.05) is 6.07 Å². The molecule has 1 saturated carbocycles. The molecule has 186 valence electrons. The van der Waals surface area contributed by atoms with Crippen LogP contribution in [0.5, 0.6) is 5.88 Å². The normalized spacial score (nSPS) is 22.0. The number of pyridine rings is 1. The highest BCUT2D eigenvalue weighted by Gasteiger charge is 2.24. The number of amides is 1. The molecule has 0 bridgehead atoms. The molecule has 0 spiro atoms. The Kier molecular flexibility index (Phi) is 6.67. The van der Waals surface area contributed by atoms with E-state index in [4.69, 9.17) is 4.74 Å². The van der Waals surface area contributed by atoms with Crippen molar-refractivity contribution < 1.29 is 18.8 Å². The summed E-state index contributed by atoms with van der Waals surface area (Å²) in [5, 5.41) is 20.4. The Bertz CT molecular complexity index is 1350. The summed E-state index contributed by atoms with van der Waals surface area (Å²) in [6.07, 6.45) is 7.32. The van der Waals surface area contributed by atoms with Gasteiger partial charge in [0, 0.05) is 37.0 Å². The number of carbonyl (C=O) groups is 1. The van der Waals surface area contributed by atoms with E-state index in [0.29, 0.717) is 71.5 Å². The van der Waals surface area contributed by atoms with Gasteiger partial charge in [0.2, 0.25) is 5.88 Å². The van der Waals surface area contributed by atoms with Gasteiger partial charge in [-0.1, -0.05) is 0 Å². The quantitative estimate of drug-likeness (QED) is 0.481. The van der Waals surface area contributed by atoms with Crippen molar-refractivity contribution in [2.75, 3.05) is 29.9 Å². The lowest BCUT2D eigenvalue weighted by Gasteiger charge is -2.26. The zero-order valence-corrected chi connectivity index (χ0v) is 20.3. The number of ether oxygens (including phenoxy) is 1. The topological polar surface area (TPSA) is 143 Å². The lowest BCUT2D eigenvalue weighted by molar-refractivity contribution is 0.0647. The number of aryl methyl sites for hydroxylation is 1. The van der Waals surface area contributed by atoms with Crippen LogP contribution in [-0.2, 0) is 9.73 Å². The zero-order valence-electron chi connectivity index (χ0n) is 19.5. The van der Waals surface area contributed by atoms with E-state index in [1.165, 1.54) is 6.33 Å². The summed E-state index contributed by atoms with van der Waals surface area (Å²) in [5.41, 5.74) is 2.24. The fraction of sp³-hybridized carbons (Fsp3) is 0.478. The van der Waals surface area contributed by atoms with Crippen molar-refractivity contribution in [3.05, 3.63) is 42.0 Å². The summed E-state index contributed by atoms with van der Waals surface area (Å²) in [4.78, 5) is 21.8. The first-order valence-corrected chi connectivity index (χ1v) is 13.6. The number of aliphatic hydroxyl groups excluding tert-OH is 1. The summed E-state index contributed by atoms with van der Waals surface area (Å²) in [5.74, 6) is 1.16. The Morgan fingerprint density at radius 2 is 2.03 bits per heavy atom. The maximum absolute atomic E-state index is 13.0. The average Bonchev–Trinajstić information content (AvgIpc) is 3.19. The lowest BCUT2D eigenvalue weighted by Crippen LogP contribution is -2.36. The van der Waals surface area contributed by atoms with Crippen molar-refractivity contribution in [1.82, 2.24) is 24.9 Å². The van der Waals surface area contributed by atoms with Gasteiger partial charge in [-0.05, 0) is 50.3 Å². The van der Waals surface area contributed by atoms with Crippen molar-refractivity contribution in [3.8, 4) is 5.88 Å². The van der Waals surface area contributed by atoms with E-state index < -0.39 is 15.6 Å². The number of nitrogens with one attached hydrogen (secondary N) is 2.